The molecule has 7 heteroatoms. The van der Waals surface area contributed by atoms with Gasteiger partial charge in [0.05, 0.1) is 4.90 Å². The molecule has 0 bridgehead atoms. The van der Waals surface area contributed by atoms with Gasteiger partial charge in [0.25, 0.3) is 0 Å². The number of nitrogens with two attached hydrogens (primary N) is 1. The van der Waals surface area contributed by atoms with Crippen LogP contribution in [0.4, 0.5) is 4.39 Å². The highest BCUT2D eigenvalue weighted by Gasteiger charge is 2.13. The summed E-state index contributed by atoms with van der Waals surface area (Å²) in [7, 11) is -3.62. The molecule has 0 aliphatic heterocycles. The third kappa shape index (κ3) is 5.45. The van der Waals surface area contributed by atoms with E-state index in [0.29, 0.717) is 6.42 Å². The van der Waals surface area contributed by atoms with E-state index in [2.05, 4.69) is 4.72 Å². The molecule has 98 valence electrons. The lowest BCUT2D eigenvalue weighted by atomic mass is 10.3. The molecule has 17 heavy (non-hydrogen) atoms. The fourth-order valence-corrected chi connectivity index (χ4v) is 2.22. The molecule has 1 unspecified atom stereocenters. The number of rotatable bonds is 5. The first-order valence-corrected chi connectivity index (χ1v) is 6.41. The van der Waals surface area contributed by atoms with Crippen molar-refractivity contribution in [1.82, 2.24) is 4.72 Å². The predicted octanol–water partition coefficient (Wildman–Crippen LogP) is 1.26. The lowest BCUT2D eigenvalue weighted by Gasteiger charge is -2.08. The van der Waals surface area contributed by atoms with Crippen LogP contribution < -0.4 is 10.5 Å². The molecule has 0 radical (unpaired) electrons. The van der Waals surface area contributed by atoms with Gasteiger partial charge in [-0.3, -0.25) is 0 Å². The zero-order chi connectivity index (χ0) is 12.2. The van der Waals surface area contributed by atoms with E-state index in [1.807, 2.05) is 0 Å². The lowest BCUT2D eigenvalue weighted by Crippen LogP contribution is -2.29. The van der Waals surface area contributed by atoms with Gasteiger partial charge in [-0.2, -0.15) is 0 Å². The third-order valence-corrected chi connectivity index (χ3v) is 3.46. The second-order valence-electron chi connectivity index (χ2n) is 3.62. The summed E-state index contributed by atoms with van der Waals surface area (Å²) in [5.41, 5.74) is 5.49. The maximum absolute atomic E-state index is 12.8. The highest BCUT2D eigenvalue weighted by atomic mass is 35.5. The van der Waals surface area contributed by atoms with Crippen LogP contribution in [0, 0.1) is 5.82 Å². The van der Waals surface area contributed by atoms with Gasteiger partial charge in [-0.25, -0.2) is 17.5 Å². The van der Waals surface area contributed by atoms with E-state index in [-0.39, 0.29) is 29.9 Å². The molecule has 1 aromatic carbocycles. The molecule has 0 aromatic heterocycles. The minimum Gasteiger partial charge on any atom is -0.328 e. The lowest BCUT2D eigenvalue weighted by molar-refractivity contribution is 0.569. The number of benzene rings is 1. The normalized spacial score (nSPS) is 12.9. The van der Waals surface area contributed by atoms with Crippen molar-refractivity contribution in [2.24, 2.45) is 5.73 Å². The molecule has 1 aromatic rings. The molecule has 0 amide bonds. The van der Waals surface area contributed by atoms with Crippen molar-refractivity contribution < 1.29 is 12.8 Å². The van der Waals surface area contributed by atoms with Crippen LogP contribution in [0.15, 0.2) is 29.2 Å². The Labute approximate surface area is 107 Å². The second kappa shape index (κ2) is 6.90. The summed E-state index contributed by atoms with van der Waals surface area (Å²) < 4.78 is 38.5. The molecular formula is C10H16ClFN2O2S. The van der Waals surface area contributed by atoms with Crippen LogP contribution in [0.5, 0.6) is 0 Å². The molecule has 1 rings (SSSR count). The average molecular weight is 283 g/mol. The van der Waals surface area contributed by atoms with Gasteiger partial charge in [0.1, 0.15) is 5.82 Å². The maximum atomic E-state index is 12.8. The van der Waals surface area contributed by atoms with Crippen molar-refractivity contribution in [1.29, 1.82) is 0 Å². The summed E-state index contributed by atoms with van der Waals surface area (Å²) in [6, 6.07) is 4.80. The molecule has 0 heterocycles. The fraction of sp³-hybridized carbons (Fsp3) is 0.400. The van der Waals surface area contributed by atoms with Gasteiger partial charge < -0.3 is 5.73 Å². The van der Waals surface area contributed by atoms with E-state index in [1.54, 1.807) is 6.92 Å². The van der Waals surface area contributed by atoms with E-state index in [9.17, 15) is 12.8 Å². The Balaban J connectivity index is 0.00000256. The van der Waals surface area contributed by atoms with E-state index in [1.165, 1.54) is 18.2 Å². The van der Waals surface area contributed by atoms with Crippen molar-refractivity contribution >= 4 is 22.4 Å². The van der Waals surface area contributed by atoms with Crippen LogP contribution >= 0.6 is 12.4 Å². The van der Waals surface area contributed by atoms with Crippen LogP contribution in [-0.4, -0.2) is 21.0 Å². The number of nitrogens with one attached hydrogen (secondary N) is 1. The molecule has 0 saturated carbocycles. The van der Waals surface area contributed by atoms with Crippen molar-refractivity contribution in [3.63, 3.8) is 0 Å². The Kier molecular flexibility index (Phi) is 6.62. The standard InChI is InChI=1S/C10H15FN2O2S.ClH/c1-8(12)5-6-13-16(14,15)10-4-2-3-9(11)7-10;/h2-4,7-8,13H,5-6,12H2,1H3;1H. The summed E-state index contributed by atoms with van der Waals surface area (Å²) in [5.74, 6) is -0.574. The fourth-order valence-electron chi connectivity index (χ4n) is 1.14. The second-order valence-corrected chi connectivity index (χ2v) is 5.39. The van der Waals surface area contributed by atoms with Crippen LogP contribution in [0.25, 0.3) is 0 Å². The number of hydrogen-bond donors (Lipinski definition) is 2. The average Bonchev–Trinajstić information content (AvgIpc) is 2.16. The van der Waals surface area contributed by atoms with Crippen molar-refractivity contribution in [2.45, 2.75) is 24.3 Å². The maximum Gasteiger partial charge on any atom is 0.240 e. The smallest absolute Gasteiger partial charge is 0.240 e. The Hall–Kier alpha value is -0.690. The Bertz CT molecular complexity index is 451. The monoisotopic (exact) mass is 282 g/mol. The first kappa shape index (κ1) is 16.3. The van der Waals surface area contributed by atoms with Crippen LogP contribution in [0.3, 0.4) is 0 Å². The summed E-state index contributed by atoms with van der Waals surface area (Å²) >= 11 is 0. The molecule has 0 fully saturated rings. The molecule has 0 saturated heterocycles. The van der Waals surface area contributed by atoms with Crippen LogP contribution in [-0.2, 0) is 10.0 Å². The first-order valence-electron chi connectivity index (χ1n) is 4.92. The molecule has 3 N–H and O–H groups in total. The Morgan fingerprint density at radius 3 is 2.65 bits per heavy atom. The summed E-state index contributed by atoms with van der Waals surface area (Å²) in [4.78, 5) is -0.0721. The van der Waals surface area contributed by atoms with Gasteiger partial charge in [0, 0.05) is 12.6 Å². The van der Waals surface area contributed by atoms with E-state index >= 15 is 0 Å². The van der Waals surface area contributed by atoms with Gasteiger partial charge in [-0.05, 0) is 31.5 Å². The van der Waals surface area contributed by atoms with Crippen LogP contribution in [0.2, 0.25) is 0 Å². The minimum absolute atomic E-state index is 0. The van der Waals surface area contributed by atoms with Gasteiger partial charge in [0.2, 0.25) is 10.0 Å². The van der Waals surface area contributed by atoms with E-state index < -0.39 is 15.8 Å². The molecule has 0 spiro atoms. The summed E-state index contributed by atoms with van der Waals surface area (Å²) in [5, 5.41) is 0. The number of halogens is 2. The minimum atomic E-state index is -3.62. The van der Waals surface area contributed by atoms with Gasteiger partial charge >= 0.3 is 0 Å². The number of hydrogen-bond acceptors (Lipinski definition) is 3. The summed E-state index contributed by atoms with van der Waals surface area (Å²) in [6.45, 7) is 2.03. The number of sulfonamides is 1. The van der Waals surface area contributed by atoms with E-state index in [0.717, 1.165) is 6.07 Å². The SMILES string of the molecule is CC(N)CCNS(=O)(=O)c1cccc(F)c1.Cl. The zero-order valence-electron chi connectivity index (χ0n) is 9.39. The largest absolute Gasteiger partial charge is 0.328 e. The van der Waals surface area contributed by atoms with Crippen molar-refractivity contribution in [3.05, 3.63) is 30.1 Å². The molecule has 1 atom stereocenters. The quantitative estimate of drug-likeness (QED) is 0.854. The molecular weight excluding hydrogens is 267 g/mol. The predicted molar refractivity (Wildman–Crippen MR) is 67.1 cm³/mol. The first-order chi connectivity index (χ1) is 7.42. The van der Waals surface area contributed by atoms with Crippen LogP contribution in [0.1, 0.15) is 13.3 Å². The van der Waals surface area contributed by atoms with Crippen molar-refractivity contribution in [2.75, 3.05) is 6.54 Å². The van der Waals surface area contributed by atoms with Gasteiger partial charge in [0.15, 0.2) is 0 Å². The van der Waals surface area contributed by atoms with Gasteiger partial charge in [-0.1, -0.05) is 6.07 Å². The highest BCUT2D eigenvalue weighted by Crippen LogP contribution is 2.09. The molecule has 4 nitrogen and oxygen atoms in total. The Morgan fingerprint density at radius 2 is 2.12 bits per heavy atom. The highest BCUT2D eigenvalue weighted by molar-refractivity contribution is 7.89. The van der Waals surface area contributed by atoms with Crippen molar-refractivity contribution in [3.8, 4) is 0 Å². The topological polar surface area (TPSA) is 72.2 Å². The third-order valence-electron chi connectivity index (χ3n) is 2.00. The van der Waals surface area contributed by atoms with Gasteiger partial charge in [-0.15, -0.1) is 12.4 Å². The zero-order valence-corrected chi connectivity index (χ0v) is 11.0. The Morgan fingerprint density at radius 1 is 1.47 bits per heavy atom. The molecule has 0 aliphatic rings. The summed E-state index contributed by atoms with van der Waals surface area (Å²) in [6.07, 6.45) is 0.536. The molecule has 0 aliphatic carbocycles. The van der Waals surface area contributed by atoms with E-state index in [4.69, 9.17) is 5.73 Å².